The Hall–Kier alpha value is -7.53. The van der Waals surface area contributed by atoms with Crippen molar-refractivity contribution < 1.29 is 111 Å². The molecule has 1 fully saturated rings. The highest BCUT2D eigenvalue weighted by Crippen LogP contribution is 2.61. The maximum Gasteiger partial charge on any atom is 0.337 e. The van der Waals surface area contributed by atoms with Crippen molar-refractivity contribution in [1.82, 2.24) is 0 Å². The Morgan fingerprint density at radius 3 is 0.947 bits per heavy atom. The van der Waals surface area contributed by atoms with Gasteiger partial charge in [-0.3, -0.25) is 19.2 Å². The molecule has 22 heteroatoms. The van der Waals surface area contributed by atoms with Crippen molar-refractivity contribution in [2.45, 2.75) is 29.3 Å². The van der Waals surface area contributed by atoms with Crippen LogP contribution in [0.3, 0.4) is 0 Å². The topological polar surface area (TPSA) is 429 Å². The second-order valence-corrected chi connectivity index (χ2v) is 12.9. The van der Waals surface area contributed by atoms with Crippen LogP contribution in [-0.4, -0.2) is 139 Å². The molecule has 1 aliphatic carbocycles. The number of aliphatic hydroxyl groups excluding tert-OH is 1. The monoisotopic (exact) mass is 800 g/mol. The van der Waals surface area contributed by atoms with E-state index in [1.165, 1.54) is 0 Å². The van der Waals surface area contributed by atoms with E-state index in [4.69, 9.17) is 0 Å². The molecule has 1 saturated carbocycles. The third kappa shape index (κ3) is 5.30. The summed E-state index contributed by atoms with van der Waals surface area (Å²) in [5.74, 6) is -30.0. The zero-order chi connectivity index (χ0) is 43.1. The van der Waals surface area contributed by atoms with Gasteiger partial charge in [0.25, 0.3) is 0 Å². The number of hydrogen-bond acceptors (Lipinski definition) is 21. The van der Waals surface area contributed by atoms with E-state index in [0.717, 1.165) is 0 Å². The lowest BCUT2D eigenvalue weighted by atomic mass is 9.42. The molecule has 0 radical (unpaired) electrons. The molecule has 4 atom stereocenters. The van der Waals surface area contributed by atoms with Crippen LogP contribution in [0.5, 0.6) is 69.0 Å². The van der Waals surface area contributed by atoms with Gasteiger partial charge in [0.1, 0.15) is 0 Å². The highest BCUT2D eigenvalue weighted by molar-refractivity contribution is 6.30. The summed E-state index contributed by atoms with van der Waals surface area (Å²) in [4.78, 5) is 73.2. The molecular weight excluding hydrogens is 772 g/mol. The number of rotatable bonds is 9. The molecule has 1 aliphatic rings. The van der Waals surface area contributed by atoms with Gasteiger partial charge in [-0.15, -0.1) is 0 Å². The lowest BCUT2D eigenvalue weighted by molar-refractivity contribution is -0.260. The van der Waals surface area contributed by atoms with Gasteiger partial charge >= 0.3 is 5.97 Å². The number of aromatic hydroxyl groups is 12. The number of phenolic OH excluding ortho intramolecular Hbond substituents is 12. The van der Waals surface area contributed by atoms with Gasteiger partial charge in [0, 0.05) is 28.7 Å². The standard InChI is InChI=1S/C35H28O22/c36-14-1-10(2-15(37)23(14)45)27(49)33(28(50)11-3-16(38)24(46)17(39)4-11)32(55,31(53)54)9-22(44)34(56,29(51)12-5-18(40)25(47)19(41)6-12)35(33,57)30(52)13-7-20(42)26(48)21(43)8-13/h1-8,22,36-48,55-57H,9H2,(H,53,54)/t22-,32?,34?,35-/m1/s1. The summed E-state index contributed by atoms with van der Waals surface area (Å²) in [5.41, 5.74) is -25.2. The Kier molecular flexibility index (Phi) is 9.31. The number of carbonyl (C=O) groups excluding carboxylic acids is 4. The molecule has 0 aliphatic heterocycles. The molecule has 300 valence electrons. The van der Waals surface area contributed by atoms with Crippen LogP contribution in [0.4, 0.5) is 0 Å². The van der Waals surface area contributed by atoms with E-state index in [-0.39, 0.29) is 48.5 Å². The van der Waals surface area contributed by atoms with Crippen LogP contribution in [0.25, 0.3) is 0 Å². The SMILES string of the molecule is O=C(O)C1(O)C[C@@H](O)C(O)(C(=O)c2cc(O)c(O)c(O)c2)[C@@](O)(C(=O)c2cc(O)c(O)c(O)c2)C1(C(=O)c1cc(O)c(O)c(O)c1)C(=O)c1cc(O)c(O)c(O)c1. The fraction of sp³-hybridized carbons (Fsp3) is 0.171. The molecule has 4 aromatic carbocycles. The van der Waals surface area contributed by atoms with Crippen LogP contribution in [0.2, 0.25) is 0 Å². The number of phenols is 12. The van der Waals surface area contributed by atoms with E-state index >= 15 is 9.59 Å². The summed E-state index contributed by atoms with van der Waals surface area (Å²) in [5, 5.41) is 182. The van der Waals surface area contributed by atoms with Gasteiger partial charge in [-0.05, 0) is 48.5 Å². The molecule has 22 nitrogen and oxygen atoms in total. The van der Waals surface area contributed by atoms with Crippen LogP contribution in [-0.2, 0) is 4.79 Å². The Morgan fingerprint density at radius 2 is 0.684 bits per heavy atom. The first-order valence-corrected chi connectivity index (χ1v) is 15.5. The van der Waals surface area contributed by atoms with E-state index in [1.807, 2.05) is 0 Å². The second kappa shape index (κ2) is 13.1. The summed E-state index contributed by atoms with van der Waals surface area (Å²) in [6, 6.07) is 1.18. The zero-order valence-electron chi connectivity index (χ0n) is 28.0. The minimum absolute atomic E-state index is 0.120. The average molecular weight is 801 g/mol. The number of aliphatic carboxylic acids is 1. The Balaban J connectivity index is 2.12. The fourth-order valence-corrected chi connectivity index (χ4v) is 6.92. The number of benzene rings is 4. The first kappa shape index (κ1) is 40.7. The van der Waals surface area contributed by atoms with Crippen LogP contribution in [0, 0.1) is 5.41 Å². The Labute approximate surface area is 314 Å². The number of carboxylic acid groups (broad SMARTS) is 1. The predicted octanol–water partition coefficient (Wildman–Crippen LogP) is -0.986. The molecule has 0 saturated heterocycles. The number of carbonyl (C=O) groups is 5. The Morgan fingerprint density at radius 1 is 0.439 bits per heavy atom. The van der Waals surface area contributed by atoms with Gasteiger partial charge in [0.15, 0.2) is 109 Å². The first-order chi connectivity index (χ1) is 26.2. The normalized spacial score (nSPS) is 22.7. The van der Waals surface area contributed by atoms with Crippen molar-refractivity contribution in [2.75, 3.05) is 0 Å². The van der Waals surface area contributed by atoms with E-state index in [2.05, 4.69) is 0 Å². The van der Waals surface area contributed by atoms with Crippen molar-refractivity contribution in [3.05, 3.63) is 70.8 Å². The van der Waals surface area contributed by atoms with Gasteiger partial charge in [0.05, 0.1) is 6.10 Å². The van der Waals surface area contributed by atoms with E-state index < -0.39 is 155 Å². The van der Waals surface area contributed by atoms with Gasteiger partial charge in [-0.25, -0.2) is 4.79 Å². The third-order valence-corrected chi connectivity index (χ3v) is 9.72. The van der Waals surface area contributed by atoms with Crippen molar-refractivity contribution in [3.63, 3.8) is 0 Å². The second-order valence-electron chi connectivity index (χ2n) is 12.9. The molecule has 5 rings (SSSR count). The quantitative estimate of drug-likeness (QED) is 0.0549. The summed E-state index contributed by atoms with van der Waals surface area (Å²) >= 11 is 0. The highest BCUT2D eigenvalue weighted by Gasteiger charge is 2.87. The largest absolute Gasteiger partial charge is 0.504 e. The van der Waals surface area contributed by atoms with Crippen LogP contribution >= 0.6 is 0 Å². The molecule has 17 N–H and O–H groups in total. The summed E-state index contributed by atoms with van der Waals surface area (Å²) in [6.07, 6.45) is -5.60. The molecule has 0 amide bonds. The zero-order valence-corrected chi connectivity index (χ0v) is 28.0. The fourth-order valence-electron chi connectivity index (χ4n) is 6.92. The van der Waals surface area contributed by atoms with E-state index in [0.29, 0.717) is 0 Å². The maximum absolute atomic E-state index is 15.2. The number of carboxylic acids is 1. The lowest BCUT2D eigenvalue weighted by Crippen LogP contribution is -2.88. The lowest BCUT2D eigenvalue weighted by Gasteiger charge is -2.60. The van der Waals surface area contributed by atoms with Crippen molar-refractivity contribution in [1.29, 1.82) is 0 Å². The van der Waals surface area contributed by atoms with Crippen molar-refractivity contribution in [3.8, 4) is 69.0 Å². The maximum atomic E-state index is 15.2. The van der Waals surface area contributed by atoms with Gasteiger partial charge < -0.3 is 86.8 Å². The average Bonchev–Trinajstić information content (AvgIpc) is 3.14. The van der Waals surface area contributed by atoms with Crippen molar-refractivity contribution in [2.24, 2.45) is 5.41 Å². The first-order valence-electron chi connectivity index (χ1n) is 15.5. The van der Waals surface area contributed by atoms with Gasteiger partial charge in [0.2, 0.25) is 5.78 Å². The molecule has 0 heterocycles. The molecule has 2 unspecified atom stereocenters. The Bertz CT molecular complexity index is 2290. The number of hydrogen-bond donors (Lipinski definition) is 17. The number of Topliss-reactive ketones (excluding diaryl/α,β-unsaturated/α-hetero) is 4. The predicted molar refractivity (Wildman–Crippen MR) is 179 cm³/mol. The van der Waals surface area contributed by atoms with E-state index in [9.17, 15) is 101 Å². The summed E-state index contributed by atoms with van der Waals surface area (Å²) < 4.78 is 0. The molecular formula is C35H28O22. The summed E-state index contributed by atoms with van der Waals surface area (Å²) in [6.45, 7) is 0. The third-order valence-electron chi connectivity index (χ3n) is 9.72. The highest BCUT2D eigenvalue weighted by atomic mass is 16.4. The minimum Gasteiger partial charge on any atom is -0.504 e. The van der Waals surface area contributed by atoms with Gasteiger partial charge in [-0.2, -0.15) is 0 Å². The smallest absolute Gasteiger partial charge is 0.337 e. The van der Waals surface area contributed by atoms with Gasteiger partial charge in [-0.1, -0.05) is 0 Å². The molecule has 0 bridgehead atoms. The molecule has 0 spiro atoms. The van der Waals surface area contributed by atoms with Crippen LogP contribution < -0.4 is 0 Å². The summed E-state index contributed by atoms with van der Waals surface area (Å²) in [7, 11) is 0. The number of ketones is 4. The molecule has 0 aromatic heterocycles. The molecule has 4 aromatic rings. The van der Waals surface area contributed by atoms with E-state index in [1.54, 1.807) is 0 Å². The van der Waals surface area contributed by atoms with Crippen LogP contribution in [0.1, 0.15) is 47.9 Å². The molecule has 57 heavy (non-hydrogen) atoms. The minimum atomic E-state index is -5.19. The number of aliphatic hydroxyl groups is 4. The van der Waals surface area contributed by atoms with Crippen molar-refractivity contribution >= 4 is 29.1 Å². The van der Waals surface area contributed by atoms with Crippen LogP contribution in [0.15, 0.2) is 48.5 Å².